The molecule has 1 aliphatic carbocycles. The van der Waals surface area contributed by atoms with Gasteiger partial charge in [0.05, 0.1) is 16.7 Å². The van der Waals surface area contributed by atoms with Gasteiger partial charge in [-0.2, -0.15) is 0 Å². The number of nitro benzene ring substituents is 1. The Hall–Kier alpha value is -1.69. The third kappa shape index (κ3) is 3.69. The molecule has 1 aromatic rings. The average molecular weight is 295 g/mol. The van der Waals surface area contributed by atoms with Gasteiger partial charge < -0.3 is 10.6 Å². The van der Waals surface area contributed by atoms with Crippen molar-refractivity contribution in [2.45, 2.75) is 51.1 Å². The van der Waals surface area contributed by atoms with E-state index in [1.807, 2.05) is 11.8 Å². The van der Waals surface area contributed by atoms with E-state index in [0.717, 1.165) is 44.7 Å². The summed E-state index contributed by atoms with van der Waals surface area (Å²) in [4.78, 5) is 12.2. The van der Waals surface area contributed by atoms with Gasteiger partial charge in [0.2, 0.25) is 0 Å². The van der Waals surface area contributed by atoms with Crippen molar-refractivity contribution in [2.75, 3.05) is 11.4 Å². The smallest absolute Gasteiger partial charge is 0.272 e. The van der Waals surface area contributed by atoms with E-state index in [9.17, 15) is 14.5 Å². The van der Waals surface area contributed by atoms with E-state index in [4.69, 9.17) is 5.73 Å². The molecule has 0 aromatic heterocycles. The highest BCUT2D eigenvalue weighted by Crippen LogP contribution is 2.30. The summed E-state index contributed by atoms with van der Waals surface area (Å²) in [6, 6.07) is 4.41. The van der Waals surface area contributed by atoms with Gasteiger partial charge in [0.15, 0.2) is 5.82 Å². The predicted molar refractivity (Wildman–Crippen MR) is 80.9 cm³/mol. The van der Waals surface area contributed by atoms with Crippen LogP contribution in [0.15, 0.2) is 18.2 Å². The highest BCUT2D eigenvalue weighted by Gasteiger charge is 2.26. The summed E-state index contributed by atoms with van der Waals surface area (Å²) in [7, 11) is 0. The summed E-state index contributed by atoms with van der Waals surface area (Å²) in [5.74, 6) is -0.521. The molecule has 1 saturated carbocycles. The van der Waals surface area contributed by atoms with E-state index in [1.165, 1.54) is 12.1 Å². The number of hydrogen-bond donors (Lipinski definition) is 1. The SMILES string of the molecule is CCCN(c1ccc([N+](=O)[O-])cc1F)C1CCC(N)CC1. The molecule has 0 radical (unpaired) electrons. The van der Waals surface area contributed by atoms with E-state index in [0.29, 0.717) is 5.69 Å². The van der Waals surface area contributed by atoms with Gasteiger partial charge >= 0.3 is 0 Å². The first-order chi connectivity index (χ1) is 10.0. The van der Waals surface area contributed by atoms with Crippen LogP contribution in [0.1, 0.15) is 39.0 Å². The summed E-state index contributed by atoms with van der Waals surface area (Å²) in [6.45, 7) is 2.79. The van der Waals surface area contributed by atoms with Crippen LogP contribution in [-0.4, -0.2) is 23.6 Å². The third-order valence-corrected chi connectivity index (χ3v) is 4.10. The topological polar surface area (TPSA) is 72.4 Å². The lowest BCUT2D eigenvalue weighted by atomic mass is 9.90. The Labute approximate surface area is 124 Å². The summed E-state index contributed by atoms with van der Waals surface area (Å²) in [6.07, 6.45) is 4.67. The molecule has 0 unspecified atom stereocenters. The number of nitrogens with zero attached hydrogens (tertiary/aromatic N) is 2. The normalized spacial score (nSPS) is 22.0. The first-order valence-electron chi connectivity index (χ1n) is 7.49. The largest absolute Gasteiger partial charge is 0.366 e. The van der Waals surface area contributed by atoms with Crippen LogP contribution in [0.5, 0.6) is 0 Å². The van der Waals surface area contributed by atoms with Crippen molar-refractivity contribution in [3.05, 3.63) is 34.1 Å². The monoisotopic (exact) mass is 295 g/mol. The van der Waals surface area contributed by atoms with Gasteiger partial charge in [0.1, 0.15) is 0 Å². The van der Waals surface area contributed by atoms with Crippen molar-refractivity contribution < 1.29 is 9.31 Å². The molecule has 1 fully saturated rings. The highest BCUT2D eigenvalue weighted by molar-refractivity contribution is 5.53. The molecule has 0 bridgehead atoms. The highest BCUT2D eigenvalue weighted by atomic mass is 19.1. The number of hydrogen-bond acceptors (Lipinski definition) is 4. The molecule has 5 nitrogen and oxygen atoms in total. The van der Waals surface area contributed by atoms with E-state index in [2.05, 4.69) is 0 Å². The Morgan fingerprint density at radius 2 is 2.05 bits per heavy atom. The number of non-ortho nitro benzene ring substituents is 1. The van der Waals surface area contributed by atoms with Crippen LogP contribution >= 0.6 is 0 Å². The van der Waals surface area contributed by atoms with Crippen molar-refractivity contribution in [1.82, 2.24) is 0 Å². The quantitative estimate of drug-likeness (QED) is 0.668. The van der Waals surface area contributed by atoms with Crippen LogP contribution in [0.2, 0.25) is 0 Å². The first-order valence-corrected chi connectivity index (χ1v) is 7.49. The third-order valence-electron chi connectivity index (χ3n) is 4.10. The van der Waals surface area contributed by atoms with E-state index in [1.54, 1.807) is 0 Å². The van der Waals surface area contributed by atoms with Gasteiger partial charge in [-0.3, -0.25) is 10.1 Å². The van der Waals surface area contributed by atoms with Crippen LogP contribution < -0.4 is 10.6 Å². The standard InChI is InChI=1S/C15H22FN3O2/c1-2-9-18(12-5-3-11(17)4-6-12)15-8-7-13(19(20)21)10-14(15)16/h7-8,10-12H,2-6,9,17H2,1H3. The number of anilines is 1. The average Bonchev–Trinajstić information content (AvgIpc) is 2.46. The molecule has 0 heterocycles. The number of nitro groups is 1. The van der Waals surface area contributed by atoms with Crippen LogP contribution in [0, 0.1) is 15.9 Å². The second kappa shape index (κ2) is 6.85. The van der Waals surface area contributed by atoms with Crippen LogP contribution in [0.4, 0.5) is 15.8 Å². The van der Waals surface area contributed by atoms with Crippen molar-refractivity contribution in [1.29, 1.82) is 0 Å². The lowest BCUT2D eigenvalue weighted by Gasteiger charge is -2.37. The molecule has 2 N–H and O–H groups in total. The van der Waals surface area contributed by atoms with Gasteiger partial charge in [-0.1, -0.05) is 6.92 Å². The zero-order valence-electron chi connectivity index (χ0n) is 12.3. The second-order valence-corrected chi connectivity index (χ2v) is 5.65. The van der Waals surface area contributed by atoms with Crippen LogP contribution in [0.3, 0.4) is 0 Å². The molecule has 1 aliphatic rings. The van der Waals surface area contributed by atoms with E-state index in [-0.39, 0.29) is 17.8 Å². The second-order valence-electron chi connectivity index (χ2n) is 5.65. The minimum Gasteiger partial charge on any atom is -0.366 e. The Bertz CT molecular complexity index is 502. The molecule has 21 heavy (non-hydrogen) atoms. The summed E-state index contributed by atoms with van der Waals surface area (Å²) < 4.78 is 14.2. The lowest BCUT2D eigenvalue weighted by Crippen LogP contribution is -2.41. The minimum absolute atomic E-state index is 0.210. The molecule has 0 aliphatic heterocycles. The van der Waals surface area contributed by atoms with Gasteiger partial charge in [0.25, 0.3) is 5.69 Å². The zero-order valence-corrected chi connectivity index (χ0v) is 12.3. The lowest BCUT2D eigenvalue weighted by molar-refractivity contribution is -0.385. The first kappa shape index (κ1) is 15.7. The van der Waals surface area contributed by atoms with Gasteiger partial charge in [0, 0.05) is 24.7 Å². The molecule has 0 spiro atoms. The predicted octanol–water partition coefficient (Wildman–Crippen LogP) is 3.22. The Morgan fingerprint density at radius 3 is 2.57 bits per heavy atom. The van der Waals surface area contributed by atoms with Gasteiger partial charge in [-0.05, 0) is 38.2 Å². The van der Waals surface area contributed by atoms with Gasteiger partial charge in [-0.25, -0.2) is 4.39 Å². The number of halogens is 1. The fourth-order valence-corrected chi connectivity index (χ4v) is 3.00. The number of rotatable bonds is 5. The molecular formula is C15H22FN3O2. The van der Waals surface area contributed by atoms with Crippen molar-refractivity contribution in [3.8, 4) is 0 Å². The molecule has 0 atom stereocenters. The summed E-state index contributed by atoms with van der Waals surface area (Å²) in [5, 5.41) is 10.7. The molecule has 0 saturated heterocycles. The maximum atomic E-state index is 14.2. The van der Waals surface area contributed by atoms with Crippen molar-refractivity contribution in [3.63, 3.8) is 0 Å². The molecular weight excluding hydrogens is 273 g/mol. The number of benzene rings is 1. The summed E-state index contributed by atoms with van der Waals surface area (Å²) >= 11 is 0. The van der Waals surface area contributed by atoms with E-state index >= 15 is 0 Å². The molecule has 116 valence electrons. The summed E-state index contributed by atoms with van der Waals surface area (Å²) in [5.41, 5.74) is 6.18. The van der Waals surface area contributed by atoms with Crippen molar-refractivity contribution in [2.24, 2.45) is 5.73 Å². The minimum atomic E-state index is -0.573. The number of nitrogens with two attached hydrogens (primary N) is 1. The molecule has 0 amide bonds. The Balaban J connectivity index is 2.23. The fourth-order valence-electron chi connectivity index (χ4n) is 3.00. The van der Waals surface area contributed by atoms with Crippen LogP contribution in [-0.2, 0) is 0 Å². The Kier molecular flexibility index (Phi) is 5.12. The van der Waals surface area contributed by atoms with Crippen LogP contribution in [0.25, 0.3) is 0 Å². The van der Waals surface area contributed by atoms with E-state index < -0.39 is 10.7 Å². The zero-order chi connectivity index (χ0) is 15.4. The maximum absolute atomic E-state index is 14.2. The van der Waals surface area contributed by atoms with Crippen molar-refractivity contribution >= 4 is 11.4 Å². The Morgan fingerprint density at radius 1 is 1.38 bits per heavy atom. The maximum Gasteiger partial charge on any atom is 0.272 e. The molecule has 6 heteroatoms. The molecule has 1 aromatic carbocycles. The van der Waals surface area contributed by atoms with Gasteiger partial charge in [-0.15, -0.1) is 0 Å². The fraction of sp³-hybridized carbons (Fsp3) is 0.600. The molecule has 2 rings (SSSR count).